The Morgan fingerprint density at radius 1 is 1.57 bits per heavy atom. The average Bonchev–Trinajstić information content (AvgIpc) is 2.10. The van der Waals surface area contributed by atoms with Crippen LogP contribution in [0.3, 0.4) is 0 Å². The van der Waals surface area contributed by atoms with Crippen molar-refractivity contribution in [2.24, 2.45) is 0 Å². The van der Waals surface area contributed by atoms with Gasteiger partial charge in [-0.1, -0.05) is 0 Å². The maximum Gasteiger partial charge on any atom is 0.165 e. The van der Waals surface area contributed by atoms with Gasteiger partial charge in [-0.3, -0.25) is 4.79 Å². The number of halogens is 1. The zero-order valence-corrected chi connectivity index (χ0v) is 8.13. The van der Waals surface area contributed by atoms with Crippen LogP contribution in [0.2, 0.25) is 0 Å². The largest absolute Gasteiger partial charge is 0.491 e. The highest BCUT2D eigenvalue weighted by Gasteiger charge is 2.11. The highest BCUT2D eigenvalue weighted by molar-refractivity contribution is 5.99. The lowest BCUT2D eigenvalue weighted by Crippen LogP contribution is -2.03. The van der Waals surface area contributed by atoms with Crippen LogP contribution in [-0.4, -0.2) is 12.4 Å². The van der Waals surface area contributed by atoms with Crippen LogP contribution in [0.15, 0.2) is 12.1 Å². The SMILES string of the molecule is CCOc1cc(N)c(C(C)=O)cc1F. The minimum absolute atomic E-state index is 0.0787. The van der Waals surface area contributed by atoms with Gasteiger partial charge in [-0.2, -0.15) is 0 Å². The lowest BCUT2D eigenvalue weighted by molar-refractivity contribution is 0.101. The van der Waals surface area contributed by atoms with Gasteiger partial charge in [0, 0.05) is 17.3 Å². The van der Waals surface area contributed by atoms with Crippen molar-refractivity contribution < 1.29 is 13.9 Å². The Hall–Kier alpha value is -1.58. The van der Waals surface area contributed by atoms with Gasteiger partial charge in [0.2, 0.25) is 0 Å². The summed E-state index contributed by atoms with van der Waals surface area (Å²) < 4.78 is 18.2. The molecule has 1 rings (SSSR count). The molecule has 0 spiro atoms. The van der Waals surface area contributed by atoms with Gasteiger partial charge in [-0.05, 0) is 19.9 Å². The number of anilines is 1. The van der Waals surface area contributed by atoms with Gasteiger partial charge in [0.15, 0.2) is 17.3 Å². The molecular formula is C10H12FNO2. The lowest BCUT2D eigenvalue weighted by Gasteiger charge is -2.08. The first-order valence-electron chi connectivity index (χ1n) is 4.29. The number of ketones is 1. The van der Waals surface area contributed by atoms with Gasteiger partial charge in [0.05, 0.1) is 6.61 Å². The molecule has 0 saturated heterocycles. The van der Waals surface area contributed by atoms with Crippen molar-refractivity contribution >= 4 is 11.5 Å². The van der Waals surface area contributed by atoms with Crippen molar-refractivity contribution in [1.82, 2.24) is 0 Å². The third kappa shape index (κ3) is 2.02. The summed E-state index contributed by atoms with van der Waals surface area (Å²) in [5.41, 5.74) is 5.98. The van der Waals surface area contributed by atoms with Crippen LogP contribution in [0, 0.1) is 5.82 Å². The summed E-state index contributed by atoms with van der Waals surface area (Å²) >= 11 is 0. The Bertz CT molecular complexity index is 363. The molecule has 0 aromatic heterocycles. The van der Waals surface area contributed by atoms with E-state index in [0.717, 1.165) is 6.07 Å². The topological polar surface area (TPSA) is 52.3 Å². The summed E-state index contributed by atoms with van der Waals surface area (Å²) in [6, 6.07) is 2.43. The molecule has 0 bridgehead atoms. The molecular weight excluding hydrogens is 185 g/mol. The fourth-order valence-electron chi connectivity index (χ4n) is 1.14. The normalized spacial score (nSPS) is 9.93. The first-order chi connectivity index (χ1) is 6.56. The first kappa shape index (κ1) is 10.5. The van der Waals surface area contributed by atoms with Crippen LogP contribution in [0.5, 0.6) is 5.75 Å². The van der Waals surface area contributed by atoms with Crippen LogP contribution < -0.4 is 10.5 Å². The number of Topliss-reactive ketones (excluding diaryl/α,β-unsaturated/α-hetero) is 1. The van der Waals surface area contributed by atoms with Gasteiger partial charge in [-0.25, -0.2) is 4.39 Å². The molecule has 0 aliphatic heterocycles. The third-order valence-electron chi connectivity index (χ3n) is 1.78. The molecule has 0 unspecified atom stereocenters. The number of rotatable bonds is 3. The van der Waals surface area contributed by atoms with E-state index in [2.05, 4.69) is 0 Å². The molecule has 1 aromatic carbocycles. The Morgan fingerprint density at radius 3 is 2.71 bits per heavy atom. The van der Waals surface area contributed by atoms with Crippen molar-refractivity contribution in [2.45, 2.75) is 13.8 Å². The second-order valence-corrected chi connectivity index (χ2v) is 2.86. The van der Waals surface area contributed by atoms with Gasteiger partial charge < -0.3 is 10.5 Å². The number of benzene rings is 1. The first-order valence-corrected chi connectivity index (χ1v) is 4.29. The standard InChI is InChI=1S/C10H12FNO2/c1-3-14-10-5-9(12)7(6(2)13)4-8(10)11/h4-5H,3,12H2,1-2H3. The van der Waals surface area contributed by atoms with Gasteiger partial charge in [0.1, 0.15) is 0 Å². The molecule has 0 amide bonds. The fraction of sp³-hybridized carbons (Fsp3) is 0.300. The molecule has 1 aromatic rings. The molecule has 76 valence electrons. The molecule has 0 heterocycles. The summed E-state index contributed by atoms with van der Waals surface area (Å²) in [7, 11) is 0. The quantitative estimate of drug-likeness (QED) is 0.595. The summed E-state index contributed by atoms with van der Waals surface area (Å²) in [4.78, 5) is 11.0. The summed E-state index contributed by atoms with van der Waals surface area (Å²) in [5.74, 6) is -0.745. The number of carbonyl (C=O) groups is 1. The predicted octanol–water partition coefficient (Wildman–Crippen LogP) is 2.01. The maximum atomic E-state index is 13.2. The number of carbonyl (C=O) groups excluding carboxylic acids is 1. The molecule has 0 saturated carbocycles. The zero-order chi connectivity index (χ0) is 10.7. The van der Waals surface area contributed by atoms with E-state index < -0.39 is 5.82 Å². The molecule has 0 aliphatic carbocycles. The van der Waals surface area contributed by atoms with E-state index in [1.165, 1.54) is 13.0 Å². The zero-order valence-electron chi connectivity index (χ0n) is 8.13. The van der Waals surface area contributed by atoms with E-state index in [1.807, 2.05) is 0 Å². The number of ether oxygens (including phenoxy) is 1. The molecule has 0 radical (unpaired) electrons. The van der Waals surface area contributed by atoms with Crippen molar-refractivity contribution in [2.75, 3.05) is 12.3 Å². The van der Waals surface area contributed by atoms with Gasteiger partial charge in [0.25, 0.3) is 0 Å². The minimum atomic E-state index is -0.564. The summed E-state index contributed by atoms with van der Waals surface area (Å²) in [6.45, 7) is 3.44. The number of hydrogen-bond donors (Lipinski definition) is 1. The number of nitrogens with two attached hydrogens (primary N) is 1. The molecule has 14 heavy (non-hydrogen) atoms. The molecule has 3 nitrogen and oxygen atoms in total. The lowest BCUT2D eigenvalue weighted by atomic mass is 10.1. The molecule has 0 atom stereocenters. The van der Waals surface area contributed by atoms with E-state index in [0.29, 0.717) is 6.61 Å². The van der Waals surface area contributed by atoms with Crippen molar-refractivity contribution in [3.05, 3.63) is 23.5 Å². The smallest absolute Gasteiger partial charge is 0.165 e. The minimum Gasteiger partial charge on any atom is -0.491 e. The Morgan fingerprint density at radius 2 is 2.21 bits per heavy atom. The fourth-order valence-corrected chi connectivity index (χ4v) is 1.14. The van der Waals surface area contributed by atoms with E-state index in [9.17, 15) is 9.18 Å². The van der Waals surface area contributed by atoms with E-state index >= 15 is 0 Å². The van der Waals surface area contributed by atoms with Crippen molar-refractivity contribution in [1.29, 1.82) is 0 Å². The van der Waals surface area contributed by atoms with Crippen LogP contribution in [0.25, 0.3) is 0 Å². The number of hydrogen-bond acceptors (Lipinski definition) is 3. The third-order valence-corrected chi connectivity index (χ3v) is 1.78. The molecule has 0 aliphatic rings. The van der Waals surface area contributed by atoms with Crippen LogP contribution in [0.4, 0.5) is 10.1 Å². The average molecular weight is 197 g/mol. The van der Waals surface area contributed by atoms with Crippen molar-refractivity contribution in [3.63, 3.8) is 0 Å². The number of nitrogen functional groups attached to an aromatic ring is 1. The maximum absolute atomic E-state index is 13.2. The summed E-state index contributed by atoms with van der Waals surface area (Å²) in [5, 5.41) is 0. The van der Waals surface area contributed by atoms with Crippen molar-refractivity contribution in [3.8, 4) is 5.75 Å². The van der Waals surface area contributed by atoms with Crippen LogP contribution in [-0.2, 0) is 0 Å². The second kappa shape index (κ2) is 4.09. The highest BCUT2D eigenvalue weighted by Crippen LogP contribution is 2.24. The Kier molecular flexibility index (Phi) is 3.06. The van der Waals surface area contributed by atoms with E-state index in [-0.39, 0.29) is 22.8 Å². The monoisotopic (exact) mass is 197 g/mol. The van der Waals surface area contributed by atoms with Gasteiger partial charge in [-0.15, -0.1) is 0 Å². The second-order valence-electron chi connectivity index (χ2n) is 2.86. The van der Waals surface area contributed by atoms with E-state index in [4.69, 9.17) is 10.5 Å². The Balaban J connectivity index is 3.17. The highest BCUT2D eigenvalue weighted by atomic mass is 19.1. The van der Waals surface area contributed by atoms with Crippen LogP contribution >= 0.6 is 0 Å². The van der Waals surface area contributed by atoms with E-state index in [1.54, 1.807) is 6.92 Å². The Labute approximate surface area is 81.7 Å². The summed E-state index contributed by atoms with van der Waals surface area (Å²) in [6.07, 6.45) is 0. The molecule has 2 N–H and O–H groups in total. The van der Waals surface area contributed by atoms with Crippen LogP contribution in [0.1, 0.15) is 24.2 Å². The predicted molar refractivity (Wildman–Crippen MR) is 52.0 cm³/mol. The van der Waals surface area contributed by atoms with Gasteiger partial charge >= 0.3 is 0 Å². The molecule has 4 heteroatoms. The molecule has 0 fully saturated rings.